The third-order valence-corrected chi connectivity index (χ3v) is 5.91. The van der Waals surface area contributed by atoms with Gasteiger partial charge in [0.2, 0.25) is 0 Å². The second kappa shape index (κ2) is 9.41. The molecular weight excluding hydrogens is 418 g/mol. The maximum Gasteiger partial charge on any atom is 0.169 e. The van der Waals surface area contributed by atoms with Crippen molar-refractivity contribution in [3.63, 3.8) is 0 Å². The lowest BCUT2D eigenvalue weighted by Crippen LogP contribution is -2.25. The zero-order valence-electron chi connectivity index (χ0n) is 16.0. The van der Waals surface area contributed by atoms with Crippen LogP contribution in [0.1, 0.15) is 10.6 Å². The number of hydrogen-bond donors (Lipinski definition) is 0. The van der Waals surface area contributed by atoms with E-state index in [1.807, 2.05) is 66.5 Å². The Hall–Kier alpha value is -3.38. The molecular formula is C22H17N3O3S2. The summed E-state index contributed by atoms with van der Waals surface area (Å²) < 4.78 is 33.9. The van der Waals surface area contributed by atoms with Gasteiger partial charge in [0.15, 0.2) is 12.4 Å². The molecule has 0 spiro atoms. The Bertz CT molecular complexity index is 1290. The van der Waals surface area contributed by atoms with E-state index in [1.165, 1.54) is 24.3 Å². The summed E-state index contributed by atoms with van der Waals surface area (Å²) in [6, 6.07) is 21.3. The first-order valence-corrected chi connectivity index (χ1v) is 11.0. The number of rotatable bonds is 3. The van der Waals surface area contributed by atoms with Crippen LogP contribution in [0.25, 0.3) is 21.9 Å². The zero-order chi connectivity index (χ0) is 21.6. The van der Waals surface area contributed by atoms with Crippen molar-refractivity contribution >= 4 is 43.3 Å². The highest BCUT2D eigenvalue weighted by molar-refractivity contribution is 7.85. The van der Waals surface area contributed by atoms with Gasteiger partial charge in [-0.15, -0.1) is 11.3 Å². The first-order chi connectivity index (χ1) is 14.4. The number of nitriles is 1. The van der Waals surface area contributed by atoms with E-state index in [4.69, 9.17) is 0 Å². The molecule has 0 aliphatic heterocycles. The van der Waals surface area contributed by atoms with Gasteiger partial charge in [-0.05, 0) is 35.9 Å². The van der Waals surface area contributed by atoms with Crippen LogP contribution in [0.15, 0.2) is 84.0 Å². The SMILES string of the molecule is C[n+]1ccc(C=C(C#N)c2nc3ccccc3s2)cc1.O=S(=O)([O-])c1ccccc1. The van der Waals surface area contributed by atoms with Gasteiger partial charge < -0.3 is 4.55 Å². The minimum absolute atomic E-state index is 0.185. The van der Waals surface area contributed by atoms with Gasteiger partial charge in [-0.2, -0.15) is 5.26 Å². The van der Waals surface area contributed by atoms with E-state index in [0.717, 1.165) is 20.8 Å². The van der Waals surface area contributed by atoms with Crippen molar-refractivity contribution in [2.45, 2.75) is 4.90 Å². The highest BCUT2D eigenvalue weighted by Gasteiger charge is 2.08. The van der Waals surface area contributed by atoms with Crippen LogP contribution in [0, 0.1) is 11.3 Å². The highest BCUT2D eigenvalue weighted by Crippen LogP contribution is 2.27. The molecule has 0 fully saturated rings. The molecule has 0 N–H and O–H groups in total. The number of allylic oxidation sites excluding steroid dienone is 1. The first-order valence-electron chi connectivity index (χ1n) is 8.81. The number of aryl methyl sites for hydroxylation is 1. The molecule has 0 aliphatic carbocycles. The van der Waals surface area contributed by atoms with Crippen molar-refractivity contribution in [2.24, 2.45) is 7.05 Å². The van der Waals surface area contributed by atoms with Crippen molar-refractivity contribution < 1.29 is 17.5 Å². The fourth-order valence-corrected chi connectivity index (χ4v) is 3.91. The highest BCUT2D eigenvalue weighted by atomic mass is 32.2. The predicted molar refractivity (Wildman–Crippen MR) is 115 cm³/mol. The number of thiazole rings is 1. The molecule has 6 nitrogen and oxygen atoms in total. The van der Waals surface area contributed by atoms with Crippen LogP contribution in [0.2, 0.25) is 0 Å². The average molecular weight is 436 g/mol. The molecule has 30 heavy (non-hydrogen) atoms. The zero-order valence-corrected chi connectivity index (χ0v) is 17.6. The molecule has 0 atom stereocenters. The molecule has 0 unspecified atom stereocenters. The Balaban J connectivity index is 0.000000216. The Morgan fingerprint density at radius 3 is 2.27 bits per heavy atom. The Kier molecular flexibility index (Phi) is 6.69. The molecule has 2 aromatic heterocycles. The fourth-order valence-electron chi connectivity index (χ4n) is 2.49. The summed E-state index contributed by atoms with van der Waals surface area (Å²) in [5.74, 6) is 0. The number of benzene rings is 2. The lowest BCUT2D eigenvalue weighted by molar-refractivity contribution is -0.671. The Morgan fingerprint density at radius 2 is 1.70 bits per heavy atom. The van der Waals surface area contributed by atoms with Crippen LogP contribution in [-0.2, 0) is 17.2 Å². The number of nitrogens with zero attached hydrogens (tertiary/aromatic N) is 3. The van der Waals surface area contributed by atoms with Crippen molar-refractivity contribution in [3.8, 4) is 6.07 Å². The quantitative estimate of drug-likeness (QED) is 0.277. The van der Waals surface area contributed by atoms with Crippen molar-refractivity contribution in [2.75, 3.05) is 0 Å². The number of pyridine rings is 1. The van der Waals surface area contributed by atoms with Crippen LogP contribution in [0.5, 0.6) is 0 Å². The summed E-state index contributed by atoms with van der Waals surface area (Å²) in [6.07, 6.45) is 5.79. The summed E-state index contributed by atoms with van der Waals surface area (Å²) in [5, 5.41) is 10.1. The van der Waals surface area contributed by atoms with Gasteiger partial charge >= 0.3 is 0 Å². The van der Waals surface area contributed by atoms with Crippen molar-refractivity contribution in [1.29, 1.82) is 5.26 Å². The van der Waals surface area contributed by atoms with Gasteiger partial charge in [-0.3, -0.25) is 0 Å². The second-order valence-corrected chi connectivity index (χ2v) is 8.63. The van der Waals surface area contributed by atoms with Crippen LogP contribution < -0.4 is 4.57 Å². The molecule has 0 aliphatic rings. The standard InChI is InChI=1S/C16H12N3S.C6H6O3S/c1-19-8-6-12(7-9-19)10-13(11-17)16-18-14-4-2-3-5-15(14)20-16;7-10(8,9)6-4-2-1-3-5-6/h2-10H,1H3;1-5H,(H,7,8,9)/q+1;/p-1. The number of aromatic nitrogens is 2. The van der Waals surface area contributed by atoms with Gasteiger partial charge in [0.25, 0.3) is 0 Å². The van der Waals surface area contributed by atoms with E-state index in [0.29, 0.717) is 5.57 Å². The third kappa shape index (κ3) is 5.58. The summed E-state index contributed by atoms with van der Waals surface area (Å²) in [5.41, 5.74) is 2.53. The minimum Gasteiger partial charge on any atom is -0.744 e. The summed E-state index contributed by atoms with van der Waals surface area (Å²) in [7, 11) is -2.29. The molecule has 4 aromatic rings. The van der Waals surface area contributed by atoms with E-state index < -0.39 is 10.1 Å². The molecule has 150 valence electrons. The summed E-state index contributed by atoms with van der Waals surface area (Å²) in [6.45, 7) is 0. The Morgan fingerprint density at radius 1 is 1.07 bits per heavy atom. The van der Waals surface area contributed by atoms with Crippen LogP contribution >= 0.6 is 11.3 Å². The summed E-state index contributed by atoms with van der Waals surface area (Å²) >= 11 is 1.55. The molecule has 0 bridgehead atoms. The lowest BCUT2D eigenvalue weighted by atomic mass is 10.2. The number of hydrogen-bond acceptors (Lipinski definition) is 6. The summed E-state index contributed by atoms with van der Waals surface area (Å²) in [4.78, 5) is 4.33. The van der Waals surface area contributed by atoms with E-state index in [1.54, 1.807) is 17.4 Å². The normalized spacial score (nSPS) is 11.4. The fraction of sp³-hybridized carbons (Fsp3) is 0.0455. The van der Waals surface area contributed by atoms with Crippen molar-refractivity contribution in [3.05, 3.63) is 89.7 Å². The molecule has 0 radical (unpaired) electrons. The Labute approximate surface area is 178 Å². The monoisotopic (exact) mass is 435 g/mol. The molecule has 0 amide bonds. The number of para-hydroxylation sites is 1. The van der Waals surface area contributed by atoms with Crippen LogP contribution in [0.4, 0.5) is 0 Å². The van der Waals surface area contributed by atoms with Gasteiger partial charge in [0.1, 0.15) is 28.2 Å². The van der Waals surface area contributed by atoms with E-state index in [-0.39, 0.29) is 4.90 Å². The predicted octanol–water partition coefficient (Wildman–Crippen LogP) is 3.78. The van der Waals surface area contributed by atoms with Crippen LogP contribution in [0.3, 0.4) is 0 Å². The maximum absolute atomic E-state index is 10.3. The molecule has 2 heterocycles. The minimum atomic E-state index is -4.25. The molecule has 2 aromatic carbocycles. The van der Waals surface area contributed by atoms with E-state index in [9.17, 15) is 18.2 Å². The average Bonchev–Trinajstić information content (AvgIpc) is 3.18. The van der Waals surface area contributed by atoms with E-state index in [2.05, 4.69) is 11.1 Å². The maximum atomic E-state index is 10.3. The lowest BCUT2D eigenvalue weighted by Gasteiger charge is -2.04. The topological polar surface area (TPSA) is 97.8 Å². The van der Waals surface area contributed by atoms with Gasteiger partial charge in [-0.25, -0.2) is 18.0 Å². The molecule has 8 heteroatoms. The van der Waals surface area contributed by atoms with Gasteiger partial charge in [0.05, 0.1) is 20.7 Å². The second-order valence-electron chi connectivity index (χ2n) is 6.22. The molecule has 0 saturated heterocycles. The van der Waals surface area contributed by atoms with Crippen LogP contribution in [-0.4, -0.2) is 18.0 Å². The largest absolute Gasteiger partial charge is 0.744 e. The van der Waals surface area contributed by atoms with Crippen molar-refractivity contribution in [1.82, 2.24) is 4.98 Å². The first kappa shape index (κ1) is 21.3. The third-order valence-electron chi connectivity index (χ3n) is 3.99. The molecule has 0 saturated carbocycles. The van der Waals surface area contributed by atoms with Gasteiger partial charge in [0, 0.05) is 12.1 Å². The number of fused-ring (bicyclic) bond motifs is 1. The molecule has 4 rings (SSSR count). The smallest absolute Gasteiger partial charge is 0.169 e. The van der Waals surface area contributed by atoms with E-state index >= 15 is 0 Å². The van der Waals surface area contributed by atoms with Gasteiger partial charge in [-0.1, -0.05) is 30.3 Å².